The second kappa shape index (κ2) is 9.42. The quantitative estimate of drug-likeness (QED) is 0.376. The number of hydrogen-bond donors (Lipinski definition) is 4. The van der Waals surface area contributed by atoms with E-state index in [1.165, 1.54) is 53.8 Å². The summed E-state index contributed by atoms with van der Waals surface area (Å²) >= 11 is 0. The molecular formula is C28H43N5. The molecule has 4 aliphatic rings. The molecule has 5 nitrogen and oxygen atoms in total. The lowest BCUT2D eigenvalue weighted by molar-refractivity contribution is 0.327. The van der Waals surface area contributed by atoms with Gasteiger partial charge in [-0.15, -0.1) is 0 Å². The van der Waals surface area contributed by atoms with Gasteiger partial charge >= 0.3 is 0 Å². The van der Waals surface area contributed by atoms with Gasteiger partial charge in [0.05, 0.1) is 0 Å². The maximum atomic E-state index is 9.48. The Morgan fingerprint density at radius 3 is 2.64 bits per heavy atom. The molecule has 0 radical (unpaired) electrons. The number of allylic oxidation sites excluding steroid dienone is 1. The molecule has 1 aromatic carbocycles. The van der Waals surface area contributed by atoms with E-state index in [9.17, 15) is 5.41 Å². The Morgan fingerprint density at radius 2 is 1.94 bits per heavy atom. The Morgan fingerprint density at radius 1 is 1.18 bits per heavy atom. The van der Waals surface area contributed by atoms with Crippen molar-refractivity contribution >= 4 is 11.5 Å². The summed E-state index contributed by atoms with van der Waals surface area (Å²) in [4.78, 5) is 2.38. The first-order valence-electron chi connectivity index (χ1n) is 13.4. The maximum absolute atomic E-state index is 9.48. The van der Waals surface area contributed by atoms with Crippen molar-refractivity contribution in [3.63, 3.8) is 0 Å². The number of amidine groups is 1. The molecule has 4 N–H and O–H groups in total. The summed E-state index contributed by atoms with van der Waals surface area (Å²) in [5.41, 5.74) is 7.00. The van der Waals surface area contributed by atoms with Crippen LogP contribution < -0.4 is 20.9 Å². The summed E-state index contributed by atoms with van der Waals surface area (Å²) in [6.07, 6.45) is 9.92. The van der Waals surface area contributed by atoms with Crippen LogP contribution in [-0.4, -0.2) is 38.6 Å². The molecule has 0 bridgehead atoms. The van der Waals surface area contributed by atoms with E-state index >= 15 is 0 Å². The SMILES string of the molecule is CNC1=C(C(=N)N2CC3(CCNCC3)c3c(CNC4CCCC4)cccc32)[C@H](C(C)C)CC1. The minimum atomic E-state index is 0.160. The number of anilines is 1. The maximum Gasteiger partial charge on any atom is 0.130 e. The lowest BCUT2D eigenvalue weighted by Gasteiger charge is -2.36. The Labute approximate surface area is 200 Å². The van der Waals surface area contributed by atoms with Crippen LogP contribution >= 0.6 is 0 Å². The summed E-state index contributed by atoms with van der Waals surface area (Å²) in [7, 11) is 2.03. The lowest BCUT2D eigenvalue weighted by Crippen LogP contribution is -2.45. The first-order valence-corrected chi connectivity index (χ1v) is 13.4. The van der Waals surface area contributed by atoms with Crippen molar-refractivity contribution in [2.45, 2.75) is 83.2 Å². The molecule has 2 heterocycles. The molecule has 180 valence electrons. The number of nitrogens with zero attached hydrogens (tertiary/aromatic N) is 1. The van der Waals surface area contributed by atoms with E-state index in [4.69, 9.17) is 0 Å². The van der Waals surface area contributed by atoms with E-state index in [0.717, 1.165) is 57.7 Å². The number of piperidine rings is 1. The lowest BCUT2D eigenvalue weighted by atomic mass is 9.73. The zero-order chi connectivity index (χ0) is 23.0. The predicted molar refractivity (Wildman–Crippen MR) is 138 cm³/mol. The van der Waals surface area contributed by atoms with Crippen molar-refractivity contribution in [3.8, 4) is 0 Å². The zero-order valence-electron chi connectivity index (χ0n) is 20.9. The van der Waals surface area contributed by atoms with Crippen LogP contribution in [0.2, 0.25) is 0 Å². The van der Waals surface area contributed by atoms with Crippen LogP contribution in [0.3, 0.4) is 0 Å². The molecule has 1 saturated heterocycles. The highest BCUT2D eigenvalue weighted by Crippen LogP contribution is 2.49. The third-order valence-corrected chi connectivity index (χ3v) is 8.94. The average molecular weight is 450 g/mol. The number of hydrogen-bond acceptors (Lipinski definition) is 4. The van der Waals surface area contributed by atoms with Crippen LogP contribution in [0.1, 0.15) is 76.3 Å². The van der Waals surface area contributed by atoms with Gasteiger partial charge in [0, 0.05) is 48.6 Å². The van der Waals surface area contributed by atoms with E-state index in [0.29, 0.717) is 17.9 Å². The van der Waals surface area contributed by atoms with Gasteiger partial charge in [-0.3, -0.25) is 5.41 Å². The predicted octanol–water partition coefficient (Wildman–Crippen LogP) is 4.68. The van der Waals surface area contributed by atoms with Crippen LogP contribution in [-0.2, 0) is 12.0 Å². The Kier molecular flexibility index (Phi) is 6.54. The first-order chi connectivity index (χ1) is 16.0. The standard InChI is InChI=1S/C28H43N5/c1-19(2)22-11-12-23(30-3)25(22)27(29)33-18-28(13-15-31-16-14-28)26-20(7-6-10-24(26)33)17-32-21-8-4-5-9-21/h6-7,10,19,21-22,29-32H,4-5,8-9,11-18H2,1-3H3/t22-/m0/s1. The zero-order valence-corrected chi connectivity index (χ0v) is 20.9. The normalized spacial score (nSPS) is 24.8. The van der Waals surface area contributed by atoms with Crippen LogP contribution in [0.25, 0.3) is 0 Å². The molecule has 1 atom stereocenters. The molecule has 5 rings (SSSR count). The minimum absolute atomic E-state index is 0.160. The molecule has 5 heteroatoms. The number of fused-ring (bicyclic) bond motifs is 2. The minimum Gasteiger partial charge on any atom is -0.391 e. The fourth-order valence-electron chi connectivity index (χ4n) is 7.13. The highest BCUT2D eigenvalue weighted by molar-refractivity contribution is 6.10. The molecule has 2 fully saturated rings. The number of benzene rings is 1. The van der Waals surface area contributed by atoms with E-state index in [2.05, 4.69) is 52.9 Å². The van der Waals surface area contributed by atoms with Gasteiger partial charge in [0.15, 0.2) is 0 Å². The topological polar surface area (TPSA) is 63.2 Å². The molecule has 2 aliphatic carbocycles. The van der Waals surface area contributed by atoms with E-state index in [1.807, 2.05) is 7.05 Å². The van der Waals surface area contributed by atoms with Crippen molar-refractivity contribution < 1.29 is 0 Å². The van der Waals surface area contributed by atoms with Crippen molar-refractivity contribution in [1.82, 2.24) is 16.0 Å². The molecule has 2 aliphatic heterocycles. The number of nitrogens with one attached hydrogen (secondary N) is 4. The van der Waals surface area contributed by atoms with E-state index in [-0.39, 0.29) is 5.41 Å². The summed E-state index contributed by atoms with van der Waals surface area (Å²) in [6.45, 7) is 8.69. The van der Waals surface area contributed by atoms with Gasteiger partial charge in [-0.2, -0.15) is 0 Å². The van der Waals surface area contributed by atoms with Gasteiger partial charge in [-0.25, -0.2) is 0 Å². The second-order valence-electron chi connectivity index (χ2n) is 11.2. The van der Waals surface area contributed by atoms with Gasteiger partial charge < -0.3 is 20.9 Å². The average Bonchev–Trinajstić information content (AvgIpc) is 3.56. The third kappa shape index (κ3) is 4.12. The van der Waals surface area contributed by atoms with E-state index in [1.54, 1.807) is 0 Å². The molecule has 0 aromatic heterocycles. The molecule has 1 saturated carbocycles. The highest BCUT2D eigenvalue weighted by Gasteiger charge is 2.47. The summed E-state index contributed by atoms with van der Waals surface area (Å²) in [5.74, 6) is 1.77. The van der Waals surface area contributed by atoms with Crippen molar-refractivity contribution in [2.75, 3.05) is 31.6 Å². The highest BCUT2D eigenvalue weighted by atomic mass is 15.2. The Hall–Kier alpha value is -1.85. The van der Waals surface area contributed by atoms with Crippen LogP contribution in [0.15, 0.2) is 29.5 Å². The Balaban J connectivity index is 1.51. The second-order valence-corrected chi connectivity index (χ2v) is 11.2. The molecule has 0 unspecified atom stereocenters. The van der Waals surface area contributed by atoms with Crippen molar-refractivity contribution in [3.05, 3.63) is 40.6 Å². The van der Waals surface area contributed by atoms with Crippen molar-refractivity contribution in [2.24, 2.45) is 11.8 Å². The summed E-state index contributed by atoms with van der Waals surface area (Å²) in [6, 6.07) is 7.54. The number of rotatable bonds is 6. The fourth-order valence-corrected chi connectivity index (χ4v) is 7.13. The van der Waals surface area contributed by atoms with Crippen molar-refractivity contribution in [1.29, 1.82) is 5.41 Å². The molecule has 33 heavy (non-hydrogen) atoms. The fraction of sp³-hybridized carbons (Fsp3) is 0.679. The third-order valence-electron chi connectivity index (χ3n) is 8.94. The van der Waals surface area contributed by atoms with Gasteiger partial charge in [0.1, 0.15) is 5.84 Å². The molecule has 0 amide bonds. The molecule has 1 aromatic rings. The Bertz CT molecular complexity index is 905. The van der Waals surface area contributed by atoms with Gasteiger partial charge in [-0.05, 0) is 80.6 Å². The monoisotopic (exact) mass is 449 g/mol. The summed E-state index contributed by atoms with van der Waals surface area (Å²) in [5, 5.41) is 20.4. The molecular weight excluding hydrogens is 406 g/mol. The van der Waals surface area contributed by atoms with Crippen LogP contribution in [0.5, 0.6) is 0 Å². The van der Waals surface area contributed by atoms with E-state index < -0.39 is 0 Å². The van der Waals surface area contributed by atoms with Gasteiger partial charge in [0.2, 0.25) is 0 Å². The van der Waals surface area contributed by atoms with Gasteiger partial charge in [0.25, 0.3) is 0 Å². The van der Waals surface area contributed by atoms with Crippen LogP contribution in [0.4, 0.5) is 5.69 Å². The van der Waals surface area contributed by atoms with Crippen LogP contribution in [0, 0.1) is 17.2 Å². The molecule has 1 spiro atoms. The summed E-state index contributed by atoms with van der Waals surface area (Å²) < 4.78 is 0. The first kappa shape index (κ1) is 22.9. The smallest absolute Gasteiger partial charge is 0.130 e. The largest absolute Gasteiger partial charge is 0.391 e. The van der Waals surface area contributed by atoms with Gasteiger partial charge in [-0.1, -0.05) is 38.8 Å².